The maximum Gasteiger partial charge on any atom is 0.348 e. The van der Waals surface area contributed by atoms with Crippen LogP contribution in [0.1, 0.15) is 9.67 Å². The largest absolute Gasteiger partial charge is 0.508 e. The Labute approximate surface area is 94.8 Å². The van der Waals surface area contributed by atoms with Crippen molar-refractivity contribution in [1.29, 1.82) is 0 Å². The summed E-state index contributed by atoms with van der Waals surface area (Å²) < 4.78 is 0. The number of phenolic OH excluding ortho intramolecular Hbond substituents is 1. The molecule has 0 spiro atoms. The molecule has 16 heavy (non-hydrogen) atoms. The SMILES string of the molecule is Nc1nc(-c2cccc(O)c2)c(C(=O)O)s1. The maximum atomic E-state index is 10.9. The Balaban J connectivity index is 2.59. The highest BCUT2D eigenvalue weighted by Crippen LogP contribution is 2.31. The standard InChI is InChI=1S/C10H8N2O3S/c11-10-12-7(8(16-10)9(14)15)5-2-1-3-6(13)4-5/h1-4,13H,(H2,11,12)(H,14,15). The fourth-order valence-electron chi connectivity index (χ4n) is 1.33. The first-order chi connectivity index (χ1) is 7.58. The number of thiazole rings is 1. The molecule has 0 radical (unpaired) electrons. The van der Waals surface area contributed by atoms with E-state index in [1.165, 1.54) is 12.1 Å². The number of carbonyl (C=O) groups is 1. The second-order valence-corrected chi connectivity index (χ2v) is 4.12. The lowest BCUT2D eigenvalue weighted by Crippen LogP contribution is -1.95. The maximum absolute atomic E-state index is 10.9. The average Bonchev–Trinajstić information content (AvgIpc) is 2.60. The van der Waals surface area contributed by atoms with Gasteiger partial charge in [-0.1, -0.05) is 23.5 Å². The molecular weight excluding hydrogens is 228 g/mol. The molecule has 2 aromatic rings. The number of hydrogen-bond donors (Lipinski definition) is 3. The predicted octanol–water partition coefficient (Wildman–Crippen LogP) is 1.80. The minimum atomic E-state index is -1.08. The van der Waals surface area contributed by atoms with E-state index >= 15 is 0 Å². The van der Waals surface area contributed by atoms with Crippen molar-refractivity contribution in [2.24, 2.45) is 0 Å². The van der Waals surface area contributed by atoms with E-state index in [0.717, 1.165) is 11.3 Å². The van der Waals surface area contributed by atoms with Crippen LogP contribution in [0.3, 0.4) is 0 Å². The van der Waals surface area contributed by atoms with Crippen molar-refractivity contribution < 1.29 is 15.0 Å². The summed E-state index contributed by atoms with van der Waals surface area (Å²) in [5, 5.41) is 18.5. The molecule has 0 saturated heterocycles. The van der Waals surface area contributed by atoms with Crippen LogP contribution in [-0.2, 0) is 0 Å². The molecule has 0 aliphatic carbocycles. The van der Waals surface area contributed by atoms with E-state index in [4.69, 9.17) is 10.8 Å². The molecule has 1 aromatic carbocycles. The Morgan fingerprint density at radius 2 is 2.19 bits per heavy atom. The summed E-state index contributed by atoms with van der Waals surface area (Å²) in [6.45, 7) is 0. The second-order valence-electron chi connectivity index (χ2n) is 3.09. The number of nitrogens with zero attached hydrogens (tertiary/aromatic N) is 1. The molecule has 5 nitrogen and oxygen atoms in total. The molecule has 6 heteroatoms. The Hall–Kier alpha value is -2.08. The molecule has 0 unspecified atom stereocenters. The number of anilines is 1. The first-order valence-corrected chi connectivity index (χ1v) is 5.18. The number of nitrogens with two attached hydrogens (primary N) is 1. The van der Waals surface area contributed by atoms with Crippen molar-refractivity contribution in [1.82, 2.24) is 4.98 Å². The van der Waals surface area contributed by atoms with E-state index in [2.05, 4.69) is 4.98 Å². The van der Waals surface area contributed by atoms with Gasteiger partial charge in [-0.25, -0.2) is 9.78 Å². The molecule has 0 saturated carbocycles. The van der Waals surface area contributed by atoms with Crippen molar-refractivity contribution in [2.45, 2.75) is 0 Å². The summed E-state index contributed by atoms with van der Waals surface area (Å²) in [5.74, 6) is -1.02. The Morgan fingerprint density at radius 1 is 1.44 bits per heavy atom. The fraction of sp³-hybridized carbons (Fsp3) is 0. The van der Waals surface area contributed by atoms with Crippen LogP contribution in [0.2, 0.25) is 0 Å². The number of aromatic carboxylic acids is 1. The first kappa shape index (κ1) is 10.4. The van der Waals surface area contributed by atoms with Crippen LogP contribution in [0.5, 0.6) is 5.75 Å². The molecule has 1 heterocycles. The molecule has 1 aromatic heterocycles. The van der Waals surface area contributed by atoms with Crippen molar-refractivity contribution in [2.75, 3.05) is 5.73 Å². The molecular formula is C10H8N2O3S. The topological polar surface area (TPSA) is 96.4 Å². The van der Waals surface area contributed by atoms with Gasteiger partial charge in [-0.05, 0) is 12.1 Å². The quantitative estimate of drug-likeness (QED) is 0.738. The second kappa shape index (κ2) is 3.82. The van der Waals surface area contributed by atoms with E-state index in [0.29, 0.717) is 5.56 Å². The molecule has 0 aliphatic heterocycles. The smallest absolute Gasteiger partial charge is 0.348 e. The summed E-state index contributed by atoms with van der Waals surface area (Å²) in [6, 6.07) is 6.23. The zero-order chi connectivity index (χ0) is 11.7. The molecule has 0 bridgehead atoms. The lowest BCUT2D eigenvalue weighted by Gasteiger charge is -1.99. The first-order valence-electron chi connectivity index (χ1n) is 4.37. The normalized spacial score (nSPS) is 10.2. The number of nitrogen functional groups attached to an aromatic ring is 1. The van der Waals surface area contributed by atoms with Crippen LogP contribution in [0, 0.1) is 0 Å². The number of carboxylic acid groups (broad SMARTS) is 1. The lowest BCUT2D eigenvalue weighted by atomic mass is 10.1. The number of carboxylic acids is 1. The van der Waals surface area contributed by atoms with Gasteiger partial charge in [0.2, 0.25) is 0 Å². The molecule has 4 N–H and O–H groups in total. The fourth-order valence-corrected chi connectivity index (χ4v) is 2.02. The minimum Gasteiger partial charge on any atom is -0.508 e. The van der Waals surface area contributed by atoms with Gasteiger partial charge in [-0.2, -0.15) is 0 Å². The van der Waals surface area contributed by atoms with Crippen molar-refractivity contribution >= 4 is 22.4 Å². The highest BCUT2D eigenvalue weighted by Gasteiger charge is 2.17. The van der Waals surface area contributed by atoms with E-state index in [1.807, 2.05) is 0 Å². The zero-order valence-corrected chi connectivity index (χ0v) is 8.86. The van der Waals surface area contributed by atoms with Crippen LogP contribution in [0.4, 0.5) is 5.13 Å². The van der Waals surface area contributed by atoms with Crippen molar-refractivity contribution in [3.05, 3.63) is 29.1 Å². The lowest BCUT2D eigenvalue weighted by molar-refractivity contribution is 0.0702. The monoisotopic (exact) mass is 236 g/mol. The highest BCUT2D eigenvalue weighted by atomic mass is 32.1. The van der Waals surface area contributed by atoms with Gasteiger partial charge in [0.15, 0.2) is 5.13 Å². The number of rotatable bonds is 2. The van der Waals surface area contributed by atoms with Crippen molar-refractivity contribution in [3.63, 3.8) is 0 Å². The Morgan fingerprint density at radius 3 is 2.81 bits per heavy atom. The molecule has 82 valence electrons. The summed E-state index contributed by atoms with van der Waals surface area (Å²) in [5.41, 5.74) is 6.29. The van der Waals surface area contributed by atoms with Crippen LogP contribution >= 0.6 is 11.3 Å². The van der Waals surface area contributed by atoms with Crippen molar-refractivity contribution in [3.8, 4) is 17.0 Å². The molecule has 0 atom stereocenters. The van der Waals surface area contributed by atoms with Gasteiger partial charge >= 0.3 is 5.97 Å². The van der Waals surface area contributed by atoms with Crippen LogP contribution < -0.4 is 5.73 Å². The number of hydrogen-bond acceptors (Lipinski definition) is 5. The average molecular weight is 236 g/mol. The summed E-state index contributed by atoms with van der Waals surface area (Å²) in [7, 11) is 0. The van der Waals surface area contributed by atoms with E-state index < -0.39 is 5.97 Å². The number of aromatic nitrogens is 1. The summed E-state index contributed by atoms with van der Waals surface area (Å²) in [4.78, 5) is 15.0. The number of aromatic hydroxyl groups is 1. The molecule has 0 amide bonds. The van der Waals surface area contributed by atoms with E-state index in [1.54, 1.807) is 12.1 Å². The summed E-state index contributed by atoms with van der Waals surface area (Å²) >= 11 is 0.909. The van der Waals surface area contributed by atoms with Gasteiger partial charge in [0.1, 0.15) is 10.6 Å². The van der Waals surface area contributed by atoms with E-state index in [-0.39, 0.29) is 21.5 Å². The third-order valence-corrected chi connectivity index (χ3v) is 2.83. The Bertz CT molecular complexity index is 551. The van der Waals surface area contributed by atoms with Gasteiger partial charge in [0.05, 0.1) is 5.69 Å². The third kappa shape index (κ3) is 1.82. The van der Waals surface area contributed by atoms with Gasteiger partial charge in [-0.15, -0.1) is 0 Å². The molecule has 0 fully saturated rings. The third-order valence-electron chi connectivity index (χ3n) is 1.96. The Kier molecular flexibility index (Phi) is 2.49. The van der Waals surface area contributed by atoms with Gasteiger partial charge in [0.25, 0.3) is 0 Å². The van der Waals surface area contributed by atoms with Crippen LogP contribution in [0.15, 0.2) is 24.3 Å². The predicted molar refractivity (Wildman–Crippen MR) is 60.6 cm³/mol. The van der Waals surface area contributed by atoms with Gasteiger partial charge in [-0.3, -0.25) is 0 Å². The molecule has 0 aliphatic rings. The van der Waals surface area contributed by atoms with E-state index in [9.17, 15) is 9.90 Å². The molecule has 2 rings (SSSR count). The zero-order valence-electron chi connectivity index (χ0n) is 8.04. The highest BCUT2D eigenvalue weighted by molar-refractivity contribution is 7.17. The number of phenols is 1. The van der Waals surface area contributed by atoms with Gasteiger partial charge < -0.3 is 15.9 Å². The van der Waals surface area contributed by atoms with Crippen LogP contribution in [0.25, 0.3) is 11.3 Å². The van der Waals surface area contributed by atoms with Crippen LogP contribution in [-0.4, -0.2) is 21.2 Å². The minimum absolute atomic E-state index is 0.0559. The summed E-state index contributed by atoms with van der Waals surface area (Å²) in [6.07, 6.45) is 0. The number of benzene rings is 1. The van der Waals surface area contributed by atoms with Gasteiger partial charge in [0, 0.05) is 5.56 Å².